The highest BCUT2D eigenvalue weighted by Crippen LogP contribution is 2.30. The van der Waals surface area contributed by atoms with Crippen LogP contribution in [0.25, 0.3) is 0 Å². The third-order valence-corrected chi connectivity index (χ3v) is 3.39. The molecule has 0 aliphatic carbocycles. The summed E-state index contributed by atoms with van der Waals surface area (Å²) in [5, 5.41) is 6.80. The fourth-order valence-corrected chi connectivity index (χ4v) is 2.20. The Kier molecular flexibility index (Phi) is 4.88. The van der Waals surface area contributed by atoms with E-state index in [2.05, 4.69) is 10.6 Å². The Bertz CT molecular complexity index is 582. The molecule has 5 heteroatoms. The molecule has 20 heavy (non-hydrogen) atoms. The predicted octanol–water partition coefficient (Wildman–Crippen LogP) is 4.43. The molecule has 2 N–H and O–H groups in total. The summed E-state index contributed by atoms with van der Waals surface area (Å²) in [4.78, 5) is 12.1. The predicted molar refractivity (Wildman–Crippen MR) is 84.6 cm³/mol. The maximum Gasteiger partial charge on any atom is 0.246 e. The Morgan fingerprint density at radius 2 is 1.60 bits per heavy atom. The topological polar surface area (TPSA) is 41.1 Å². The molecular weight excluding hydrogens is 295 g/mol. The van der Waals surface area contributed by atoms with Crippen LogP contribution in [0.1, 0.15) is 6.92 Å². The van der Waals surface area contributed by atoms with Crippen molar-refractivity contribution in [3.8, 4) is 0 Å². The monoisotopic (exact) mass is 308 g/mol. The molecule has 0 heterocycles. The SMILES string of the molecule is CC(Nc1c(Cl)cccc1Cl)C(=O)Nc1ccccc1. The number of halogens is 2. The van der Waals surface area contributed by atoms with E-state index in [0.717, 1.165) is 5.69 Å². The van der Waals surface area contributed by atoms with Gasteiger partial charge in [-0.1, -0.05) is 47.5 Å². The van der Waals surface area contributed by atoms with Crippen LogP contribution in [0.15, 0.2) is 48.5 Å². The first-order chi connectivity index (χ1) is 9.58. The molecule has 1 unspecified atom stereocenters. The quantitative estimate of drug-likeness (QED) is 0.877. The Balaban J connectivity index is 2.05. The second kappa shape index (κ2) is 6.64. The van der Waals surface area contributed by atoms with Crippen LogP contribution >= 0.6 is 23.2 Å². The lowest BCUT2D eigenvalue weighted by Crippen LogP contribution is -2.32. The zero-order valence-electron chi connectivity index (χ0n) is 10.9. The first-order valence-electron chi connectivity index (χ1n) is 6.14. The van der Waals surface area contributed by atoms with Gasteiger partial charge in [0, 0.05) is 5.69 Å². The zero-order chi connectivity index (χ0) is 14.5. The number of para-hydroxylation sites is 2. The molecule has 0 bridgehead atoms. The molecule has 0 aliphatic heterocycles. The summed E-state index contributed by atoms with van der Waals surface area (Å²) in [6.45, 7) is 1.75. The van der Waals surface area contributed by atoms with E-state index in [1.807, 2.05) is 30.3 Å². The lowest BCUT2D eigenvalue weighted by atomic mass is 10.2. The average Bonchev–Trinajstić information content (AvgIpc) is 2.44. The first kappa shape index (κ1) is 14.7. The van der Waals surface area contributed by atoms with Crippen molar-refractivity contribution in [1.29, 1.82) is 0 Å². The molecule has 2 aromatic carbocycles. The van der Waals surface area contributed by atoms with Crippen LogP contribution < -0.4 is 10.6 Å². The number of hydrogen-bond donors (Lipinski definition) is 2. The summed E-state index contributed by atoms with van der Waals surface area (Å²) in [5.41, 5.74) is 1.31. The molecule has 0 fully saturated rings. The summed E-state index contributed by atoms with van der Waals surface area (Å²) in [7, 11) is 0. The van der Waals surface area contributed by atoms with Crippen LogP contribution in [0.5, 0.6) is 0 Å². The minimum absolute atomic E-state index is 0.160. The van der Waals surface area contributed by atoms with E-state index in [-0.39, 0.29) is 5.91 Å². The molecule has 0 spiro atoms. The molecule has 1 amide bonds. The Morgan fingerprint density at radius 3 is 2.20 bits per heavy atom. The smallest absolute Gasteiger partial charge is 0.246 e. The fourth-order valence-electron chi connectivity index (χ4n) is 1.69. The number of benzene rings is 2. The molecular formula is C15H14Cl2N2O. The van der Waals surface area contributed by atoms with Crippen LogP contribution in [-0.4, -0.2) is 11.9 Å². The van der Waals surface area contributed by atoms with Crippen molar-refractivity contribution >= 4 is 40.5 Å². The molecule has 0 aliphatic rings. The molecule has 2 aromatic rings. The highest BCUT2D eigenvalue weighted by atomic mass is 35.5. The number of carbonyl (C=O) groups excluding carboxylic acids is 1. The Labute approximate surface area is 127 Å². The third kappa shape index (κ3) is 3.65. The average molecular weight is 309 g/mol. The molecule has 3 nitrogen and oxygen atoms in total. The van der Waals surface area contributed by atoms with Gasteiger partial charge in [-0.2, -0.15) is 0 Å². The molecule has 0 radical (unpaired) electrons. The van der Waals surface area contributed by atoms with Gasteiger partial charge in [0.05, 0.1) is 15.7 Å². The minimum Gasteiger partial charge on any atom is -0.371 e. The van der Waals surface area contributed by atoms with Crippen molar-refractivity contribution in [2.24, 2.45) is 0 Å². The van der Waals surface area contributed by atoms with E-state index in [9.17, 15) is 4.79 Å². The second-order valence-corrected chi connectivity index (χ2v) is 5.13. The van der Waals surface area contributed by atoms with Crippen LogP contribution in [-0.2, 0) is 4.79 Å². The number of hydrogen-bond acceptors (Lipinski definition) is 2. The van der Waals surface area contributed by atoms with Crippen LogP contribution in [0.3, 0.4) is 0 Å². The van der Waals surface area contributed by atoms with Gasteiger partial charge in [0.25, 0.3) is 0 Å². The molecule has 0 aromatic heterocycles. The van der Waals surface area contributed by atoms with Gasteiger partial charge in [0.15, 0.2) is 0 Å². The van der Waals surface area contributed by atoms with Gasteiger partial charge in [-0.05, 0) is 31.2 Å². The summed E-state index contributed by atoms with van der Waals surface area (Å²) >= 11 is 12.1. The highest BCUT2D eigenvalue weighted by molar-refractivity contribution is 6.39. The van der Waals surface area contributed by atoms with Crippen LogP contribution in [0, 0.1) is 0 Å². The van der Waals surface area contributed by atoms with Crippen molar-refractivity contribution in [1.82, 2.24) is 0 Å². The lowest BCUT2D eigenvalue weighted by molar-refractivity contribution is -0.116. The first-order valence-corrected chi connectivity index (χ1v) is 6.90. The fraction of sp³-hybridized carbons (Fsp3) is 0.133. The van der Waals surface area contributed by atoms with Gasteiger partial charge in [-0.3, -0.25) is 4.79 Å². The van der Waals surface area contributed by atoms with Crippen molar-refractivity contribution < 1.29 is 4.79 Å². The minimum atomic E-state index is -0.465. The number of carbonyl (C=O) groups is 1. The Morgan fingerprint density at radius 1 is 1.00 bits per heavy atom. The highest BCUT2D eigenvalue weighted by Gasteiger charge is 2.15. The van der Waals surface area contributed by atoms with E-state index in [4.69, 9.17) is 23.2 Å². The number of rotatable bonds is 4. The van der Waals surface area contributed by atoms with Gasteiger partial charge in [-0.15, -0.1) is 0 Å². The van der Waals surface area contributed by atoms with Gasteiger partial charge >= 0.3 is 0 Å². The van der Waals surface area contributed by atoms with Gasteiger partial charge in [0.1, 0.15) is 6.04 Å². The van der Waals surface area contributed by atoms with E-state index < -0.39 is 6.04 Å². The van der Waals surface area contributed by atoms with Gasteiger partial charge < -0.3 is 10.6 Å². The van der Waals surface area contributed by atoms with Gasteiger partial charge in [0.2, 0.25) is 5.91 Å². The summed E-state index contributed by atoms with van der Waals surface area (Å²) < 4.78 is 0. The Hall–Kier alpha value is -1.71. The maximum atomic E-state index is 12.1. The summed E-state index contributed by atoms with van der Waals surface area (Å²) in [6, 6.07) is 14.0. The third-order valence-electron chi connectivity index (χ3n) is 2.76. The molecule has 0 saturated heterocycles. The molecule has 104 valence electrons. The summed E-state index contributed by atoms with van der Waals surface area (Å²) in [6.07, 6.45) is 0. The van der Waals surface area contributed by atoms with E-state index in [1.54, 1.807) is 25.1 Å². The van der Waals surface area contributed by atoms with Crippen molar-refractivity contribution in [3.05, 3.63) is 58.6 Å². The van der Waals surface area contributed by atoms with Crippen molar-refractivity contribution in [2.45, 2.75) is 13.0 Å². The normalized spacial score (nSPS) is 11.8. The largest absolute Gasteiger partial charge is 0.371 e. The van der Waals surface area contributed by atoms with E-state index in [0.29, 0.717) is 15.7 Å². The molecule has 1 atom stereocenters. The van der Waals surface area contributed by atoms with Crippen molar-refractivity contribution in [3.63, 3.8) is 0 Å². The number of nitrogens with one attached hydrogen (secondary N) is 2. The second-order valence-electron chi connectivity index (χ2n) is 4.32. The van der Waals surface area contributed by atoms with Crippen LogP contribution in [0.2, 0.25) is 10.0 Å². The van der Waals surface area contributed by atoms with E-state index in [1.165, 1.54) is 0 Å². The van der Waals surface area contributed by atoms with Crippen LogP contribution in [0.4, 0.5) is 11.4 Å². The maximum absolute atomic E-state index is 12.1. The number of anilines is 2. The molecule has 0 saturated carbocycles. The van der Waals surface area contributed by atoms with Crippen molar-refractivity contribution in [2.75, 3.05) is 10.6 Å². The van der Waals surface area contributed by atoms with Gasteiger partial charge in [-0.25, -0.2) is 0 Å². The molecule has 2 rings (SSSR count). The summed E-state index contributed by atoms with van der Waals surface area (Å²) in [5.74, 6) is -0.160. The standard InChI is InChI=1S/C15H14Cl2N2O/c1-10(15(20)19-11-6-3-2-4-7-11)18-14-12(16)8-5-9-13(14)17/h2-10,18H,1H3,(H,19,20). The lowest BCUT2D eigenvalue weighted by Gasteiger charge is -2.17. The zero-order valence-corrected chi connectivity index (χ0v) is 12.4. The number of amides is 1. The van der Waals surface area contributed by atoms with E-state index >= 15 is 0 Å².